The molecule has 4 saturated heterocycles. The number of hydrogen-bond acceptors (Lipinski definition) is 4. The third kappa shape index (κ3) is 1.90. The van der Waals surface area contributed by atoms with E-state index in [0.717, 1.165) is 38.9 Å². The zero-order valence-corrected chi connectivity index (χ0v) is 11.8. The summed E-state index contributed by atoms with van der Waals surface area (Å²) >= 11 is 0. The zero-order chi connectivity index (χ0) is 13.9. The van der Waals surface area contributed by atoms with Crippen molar-refractivity contribution in [3.8, 4) is 0 Å². The van der Waals surface area contributed by atoms with Crippen LogP contribution in [0.15, 0.2) is 0 Å². The number of aliphatic hydroxyl groups is 2. The Balaban J connectivity index is 1.60. The molecule has 4 unspecified atom stereocenters. The molecule has 0 radical (unpaired) electrons. The first kappa shape index (κ1) is 13.0. The molecule has 5 nitrogen and oxygen atoms in total. The van der Waals surface area contributed by atoms with Crippen molar-refractivity contribution < 1.29 is 15.0 Å². The van der Waals surface area contributed by atoms with Crippen LogP contribution in [-0.2, 0) is 4.79 Å². The van der Waals surface area contributed by atoms with Crippen molar-refractivity contribution in [3.63, 3.8) is 0 Å². The van der Waals surface area contributed by atoms with E-state index in [9.17, 15) is 15.0 Å². The fraction of sp³-hybridized carbons (Fsp3) is 0.933. The molecule has 4 rings (SSSR count). The summed E-state index contributed by atoms with van der Waals surface area (Å²) in [7, 11) is 0. The second-order valence-electron chi connectivity index (χ2n) is 7.15. The molecule has 0 aliphatic carbocycles. The Kier molecular flexibility index (Phi) is 3.05. The summed E-state index contributed by atoms with van der Waals surface area (Å²) in [5.41, 5.74) is 0. The Morgan fingerprint density at radius 3 is 2.70 bits per heavy atom. The van der Waals surface area contributed by atoms with E-state index in [-0.39, 0.29) is 24.2 Å². The third-order valence-corrected chi connectivity index (χ3v) is 5.97. The molecule has 20 heavy (non-hydrogen) atoms. The number of rotatable bonds is 0. The molecule has 4 aliphatic heterocycles. The van der Waals surface area contributed by atoms with Crippen LogP contribution in [0.1, 0.15) is 32.1 Å². The predicted molar refractivity (Wildman–Crippen MR) is 72.9 cm³/mol. The van der Waals surface area contributed by atoms with Crippen molar-refractivity contribution >= 4 is 5.91 Å². The minimum atomic E-state index is -0.357. The SMILES string of the molecule is O=C1CC[C@H](O)C2C3CC(CN12)C1CC[C@H](O)CN1C3. The fourth-order valence-corrected chi connectivity index (χ4v) is 5.16. The molecule has 112 valence electrons. The zero-order valence-electron chi connectivity index (χ0n) is 11.8. The molecule has 0 spiro atoms. The minimum Gasteiger partial charge on any atom is -0.392 e. The molecule has 0 aromatic carbocycles. The molecule has 0 aromatic rings. The van der Waals surface area contributed by atoms with Crippen molar-refractivity contribution in [1.29, 1.82) is 0 Å². The number of hydrogen-bond donors (Lipinski definition) is 2. The van der Waals surface area contributed by atoms with Gasteiger partial charge in [-0.2, -0.15) is 0 Å². The van der Waals surface area contributed by atoms with E-state index < -0.39 is 0 Å². The molecule has 4 heterocycles. The lowest BCUT2D eigenvalue weighted by Crippen LogP contribution is -2.68. The summed E-state index contributed by atoms with van der Waals surface area (Å²) in [4.78, 5) is 16.6. The Morgan fingerprint density at radius 2 is 1.85 bits per heavy atom. The first-order chi connectivity index (χ1) is 9.63. The number of nitrogens with zero attached hydrogens (tertiary/aromatic N) is 2. The second kappa shape index (κ2) is 4.68. The first-order valence-corrected chi connectivity index (χ1v) is 8.03. The normalized spacial score (nSPS) is 48.7. The van der Waals surface area contributed by atoms with Gasteiger partial charge in [-0.3, -0.25) is 9.69 Å². The largest absolute Gasteiger partial charge is 0.392 e. The van der Waals surface area contributed by atoms with Crippen molar-refractivity contribution in [2.24, 2.45) is 11.8 Å². The lowest BCUT2D eigenvalue weighted by atomic mass is 9.70. The monoisotopic (exact) mass is 280 g/mol. The van der Waals surface area contributed by atoms with Gasteiger partial charge in [-0.1, -0.05) is 0 Å². The summed E-state index contributed by atoms with van der Waals surface area (Å²) < 4.78 is 0. The van der Waals surface area contributed by atoms with Gasteiger partial charge in [0.1, 0.15) is 0 Å². The van der Waals surface area contributed by atoms with Crippen LogP contribution < -0.4 is 0 Å². The smallest absolute Gasteiger partial charge is 0.223 e. The van der Waals surface area contributed by atoms with Gasteiger partial charge in [0, 0.05) is 32.1 Å². The average Bonchev–Trinajstić information content (AvgIpc) is 2.42. The lowest BCUT2D eigenvalue weighted by molar-refractivity contribution is -0.161. The predicted octanol–water partition coefficient (Wildman–Crippen LogP) is -0.187. The van der Waals surface area contributed by atoms with E-state index in [0.29, 0.717) is 30.7 Å². The highest BCUT2D eigenvalue weighted by molar-refractivity contribution is 5.77. The topological polar surface area (TPSA) is 64.0 Å². The number of aliphatic hydroxyl groups excluding tert-OH is 2. The molecule has 0 saturated carbocycles. The van der Waals surface area contributed by atoms with Crippen LogP contribution in [0.25, 0.3) is 0 Å². The molecule has 2 N–H and O–H groups in total. The number of fused-ring (bicyclic) bond motifs is 6. The van der Waals surface area contributed by atoms with Crippen LogP contribution in [0.5, 0.6) is 0 Å². The van der Waals surface area contributed by atoms with Gasteiger partial charge < -0.3 is 15.1 Å². The van der Waals surface area contributed by atoms with Crippen molar-refractivity contribution in [2.45, 2.75) is 56.4 Å². The van der Waals surface area contributed by atoms with Gasteiger partial charge in [-0.05, 0) is 37.5 Å². The second-order valence-corrected chi connectivity index (χ2v) is 7.15. The van der Waals surface area contributed by atoms with Gasteiger partial charge in [-0.25, -0.2) is 0 Å². The van der Waals surface area contributed by atoms with Gasteiger partial charge in [0.2, 0.25) is 5.91 Å². The number of piperidine rings is 4. The number of amides is 1. The number of carbonyl (C=O) groups excluding carboxylic acids is 1. The van der Waals surface area contributed by atoms with E-state index >= 15 is 0 Å². The summed E-state index contributed by atoms with van der Waals surface area (Å²) in [6.45, 7) is 2.52. The van der Waals surface area contributed by atoms with E-state index in [4.69, 9.17) is 0 Å². The third-order valence-electron chi connectivity index (χ3n) is 5.97. The minimum absolute atomic E-state index is 0.0209. The van der Waals surface area contributed by atoms with Gasteiger partial charge in [0.15, 0.2) is 0 Å². The van der Waals surface area contributed by atoms with Crippen LogP contribution in [0.2, 0.25) is 0 Å². The molecule has 5 heteroatoms. The number of carbonyl (C=O) groups is 1. The molecule has 4 fully saturated rings. The maximum atomic E-state index is 12.2. The van der Waals surface area contributed by atoms with Crippen LogP contribution >= 0.6 is 0 Å². The first-order valence-electron chi connectivity index (χ1n) is 8.03. The van der Waals surface area contributed by atoms with Gasteiger partial charge >= 0.3 is 0 Å². The van der Waals surface area contributed by atoms with E-state index in [1.165, 1.54) is 0 Å². The molecule has 1 amide bonds. The maximum absolute atomic E-state index is 12.2. The van der Waals surface area contributed by atoms with Crippen LogP contribution in [-0.4, -0.2) is 69.8 Å². The van der Waals surface area contributed by atoms with Gasteiger partial charge in [0.25, 0.3) is 0 Å². The molecule has 2 bridgehead atoms. The van der Waals surface area contributed by atoms with Crippen molar-refractivity contribution in [1.82, 2.24) is 9.80 Å². The van der Waals surface area contributed by atoms with E-state index in [1.807, 2.05) is 4.90 Å². The molecule has 6 atom stereocenters. The molecule has 0 aromatic heterocycles. The quantitative estimate of drug-likeness (QED) is 0.646. The summed E-state index contributed by atoms with van der Waals surface area (Å²) in [6, 6.07) is 0.551. The summed E-state index contributed by atoms with van der Waals surface area (Å²) in [6.07, 6.45) is 3.65. The van der Waals surface area contributed by atoms with Crippen molar-refractivity contribution in [2.75, 3.05) is 19.6 Å². The Bertz CT molecular complexity index is 416. The van der Waals surface area contributed by atoms with Gasteiger partial charge in [-0.15, -0.1) is 0 Å². The molecular weight excluding hydrogens is 256 g/mol. The standard InChI is InChI=1S/C15H24N2O3/c18-11-1-2-12-9-5-10(6-16(12)8-11)15-13(19)3-4-14(20)17(15)7-9/h9-13,15,18-19H,1-8H2/t9?,10?,11-,12?,13-,15?/m0/s1. The summed E-state index contributed by atoms with van der Waals surface area (Å²) in [5, 5.41) is 20.2. The Morgan fingerprint density at radius 1 is 1.00 bits per heavy atom. The van der Waals surface area contributed by atoms with E-state index in [1.54, 1.807) is 0 Å². The van der Waals surface area contributed by atoms with Crippen LogP contribution in [0.4, 0.5) is 0 Å². The highest BCUT2D eigenvalue weighted by Crippen LogP contribution is 2.43. The summed E-state index contributed by atoms with van der Waals surface area (Å²) in [5.74, 6) is 1.15. The molecule has 4 aliphatic rings. The van der Waals surface area contributed by atoms with Crippen LogP contribution in [0, 0.1) is 11.8 Å². The Labute approximate surface area is 119 Å². The highest BCUT2D eigenvalue weighted by Gasteiger charge is 2.51. The van der Waals surface area contributed by atoms with Crippen LogP contribution in [0.3, 0.4) is 0 Å². The Hall–Kier alpha value is -0.650. The fourth-order valence-electron chi connectivity index (χ4n) is 5.16. The lowest BCUT2D eigenvalue weighted by Gasteiger charge is -2.58. The van der Waals surface area contributed by atoms with E-state index in [2.05, 4.69) is 4.90 Å². The average molecular weight is 280 g/mol. The van der Waals surface area contributed by atoms with Gasteiger partial charge in [0.05, 0.1) is 18.2 Å². The molecular formula is C15H24N2O3. The van der Waals surface area contributed by atoms with Crippen molar-refractivity contribution in [3.05, 3.63) is 0 Å². The highest BCUT2D eigenvalue weighted by atomic mass is 16.3. The maximum Gasteiger partial charge on any atom is 0.223 e.